The number of benzene rings is 1. The monoisotopic (exact) mass is 249 g/mol. The van der Waals surface area contributed by atoms with Crippen LogP contribution in [-0.2, 0) is 4.79 Å². The molecule has 0 aliphatic carbocycles. The van der Waals surface area contributed by atoms with Crippen LogP contribution >= 0.6 is 11.8 Å². The highest BCUT2D eigenvalue weighted by atomic mass is 32.2. The Bertz CT molecular complexity index is 412. The molecular formula is C9H9F2NO3S. The number of aliphatic carboxylic acids is 1. The molecule has 3 N–H and O–H groups in total. The molecule has 0 saturated heterocycles. The van der Waals surface area contributed by atoms with Crippen LogP contribution in [0.4, 0.5) is 14.5 Å². The Morgan fingerprint density at radius 1 is 1.56 bits per heavy atom. The molecule has 0 aliphatic rings. The maximum absolute atomic E-state index is 12.9. The van der Waals surface area contributed by atoms with Gasteiger partial charge in [-0.05, 0) is 30.0 Å². The van der Waals surface area contributed by atoms with Crippen LogP contribution in [0.5, 0.6) is 5.75 Å². The summed E-state index contributed by atoms with van der Waals surface area (Å²) < 4.78 is 30.7. The van der Waals surface area contributed by atoms with E-state index >= 15 is 0 Å². The van der Waals surface area contributed by atoms with Crippen molar-refractivity contribution in [1.29, 1.82) is 0 Å². The summed E-state index contributed by atoms with van der Waals surface area (Å²) in [4.78, 5) is 10.2. The Morgan fingerprint density at radius 3 is 2.69 bits per heavy atom. The highest BCUT2D eigenvalue weighted by Crippen LogP contribution is 2.40. The summed E-state index contributed by atoms with van der Waals surface area (Å²) >= 11 is -0.128. The number of ether oxygens (including phenoxy) is 1. The van der Waals surface area contributed by atoms with Gasteiger partial charge in [-0.3, -0.25) is 0 Å². The van der Waals surface area contributed by atoms with Crippen molar-refractivity contribution in [2.45, 2.75) is 10.2 Å². The van der Waals surface area contributed by atoms with E-state index in [0.717, 1.165) is 0 Å². The van der Waals surface area contributed by atoms with Crippen molar-refractivity contribution in [3.63, 3.8) is 0 Å². The molecule has 7 heteroatoms. The van der Waals surface area contributed by atoms with Gasteiger partial charge in [0.25, 0.3) is 0 Å². The number of rotatable bonds is 4. The summed E-state index contributed by atoms with van der Waals surface area (Å²) in [5.74, 6) is -1.88. The summed E-state index contributed by atoms with van der Waals surface area (Å²) in [6, 6.07) is 4.13. The highest BCUT2D eigenvalue weighted by molar-refractivity contribution is 8.01. The van der Waals surface area contributed by atoms with E-state index in [1.807, 2.05) is 0 Å². The molecule has 0 heterocycles. The van der Waals surface area contributed by atoms with Crippen molar-refractivity contribution in [2.75, 3.05) is 12.8 Å². The fourth-order valence-electron chi connectivity index (χ4n) is 0.912. The quantitative estimate of drug-likeness (QED) is 0.631. The smallest absolute Gasteiger partial charge is 0.393 e. The number of thioether (sulfide) groups is 1. The molecular weight excluding hydrogens is 240 g/mol. The van der Waals surface area contributed by atoms with E-state index in [9.17, 15) is 13.6 Å². The fourth-order valence-corrected chi connectivity index (χ4v) is 1.64. The molecule has 0 amide bonds. The Morgan fingerprint density at radius 2 is 2.19 bits per heavy atom. The number of anilines is 1. The van der Waals surface area contributed by atoms with Crippen LogP contribution in [0.1, 0.15) is 0 Å². The van der Waals surface area contributed by atoms with Crippen molar-refractivity contribution in [2.24, 2.45) is 0 Å². The third kappa shape index (κ3) is 2.75. The Labute approximate surface area is 94.4 Å². The van der Waals surface area contributed by atoms with E-state index in [2.05, 4.69) is 0 Å². The molecule has 0 atom stereocenters. The number of carbonyl (C=O) groups is 1. The molecule has 1 aromatic carbocycles. The molecule has 0 aromatic heterocycles. The summed E-state index contributed by atoms with van der Waals surface area (Å²) in [6.07, 6.45) is 0. The second kappa shape index (κ2) is 4.56. The average Bonchev–Trinajstić information content (AvgIpc) is 2.21. The molecule has 0 fully saturated rings. The first-order valence-electron chi connectivity index (χ1n) is 4.10. The number of carboxylic acids is 1. The second-order valence-corrected chi connectivity index (χ2v) is 3.98. The third-order valence-corrected chi connectivity index (χ3v) is 2.71. The number of carboxylic acid groups (broad SMARTS) is 1. The maximum atomic E-state index is 12.9. The standard InChI is InChI=1S/C9H9F2NO3S/c1-15-5-2-3-6(12)7(4-5)16-9(10,11)8(13)14/h2-4H,12H2,1H3,(H,13,14). The highest BCUT2D eigenvalue weighted by Gasteiger charge is 2.40. The molecule has 0 aliphatic heterocycles. The van der Waals surface area contributed by atoms with Gasteiger partial charge in [0.1, 0.15) is 5.75 Å². The summed E-state index contributed by atoms with van der Waals surface area (Å²) in [7, 11) is 1.37. The van der Waals surface area contributed by atoms with Gasteiger partial charge in [-0.1, -0.05) is 0 Å². The minimum atomic E-state index is -3.92. The Balaban J connectivity index is 3.00. The molecule has 0 bridgehead atoms. The SMILES string of the molecule is COc1ccc(N)c(SC(F)(F)C(=O)O)c1. The van der Waals surface area contributed by atoms with Crippen molar-refractivity contribution in [3.8, 4) is 5.75 Å². The van der Waals surface area contributed by atoms with Gasteiger partial charge in [0, 0.05) is 10.6 Å². The van der Waals surface area contributed by atoms with Gasteiger partial charge in [0.15, 0.2) is 0 Å². The van der Waals surface area contributed by atoms with Gasteiger partial charge in [-0.15, -0.1) is 0 Å². The second-order valence-electron chi connectivity index (χ2n) is 2.83. The van der Waals surface area contributed by atoms with Crippen LogP contribution in [0.25, 0.3) is 0 Å². The van der Waals surface area contributed by atoms with E-state index < -0.39 is 11.2 Å². The zero-order chi connectivity index (χ0) is 12.3. The number of nitrogen functional groups attached to an aromatic ring is 1. The minimum absolute atomic E-state index is 0.0354. The predicted molar refractivity (Wildman–Crippen MR) is 55.8 cm³/mol. The first-order valence-corrected chi connectivity index (χ1v) is 4.92. The van der Waals surface area contributed by atoms with Crippen molar-refractivity contribution in [3.05, 3.63) is 18.2 Å². The topological polar surface area (TPSA) is 72.5 Å². The van der Waals surface area contributed by atoms with E-state index in [1.54, 1.807) is 0 Å². The molecule has 1 rings (SSSR count). The van der Waals surface area contributed by atoms with Crippen LogP contribution in [0.3, 0.4) is 0 Å². The number of halogens is 2. The molecule has 4 nitrogen and oxygen atoms in total. The lowest BCUT2D eigenvalue weighted by atomic mass is 10.3. The fraction of sp³-hybridized carbons (Fsp3) is 0.222. The summed E-state index contributed by atoms with van der Waals surface area (Å²) in [5, 5.41) is 4.36. The van der Waals surface area contributed by atoms with Gasteiger partial charge in [0.05, 0.1) is 7.11 Å². The Hall–Kier alpha value is -1.50. The number of hydrogen-bond acceptors (Lipinski definition) is 4. The van der Waals surface area contributed by atoms with E-state index in [4.69, 9.17) is 15.6 Å². The van der Waals surface area contributed by atoms with E-state index in [0.29, 0.717) is 5.75 Å². The van der Waals surface area contributed by atoms with Crippen LogP contribution < -0.4 is 10.5 Å². The maximum Gasteiger partial charge on any atom is 0.393 e. The number of hydrogen-bond donors (Lipinski definition) is 2. The van der Waals surface area contributed by atoms with Gasteiger partial charge in [-0.2, -0.15) is 8.78 Å². The normalized spacial score (nSPS) is 11.2. The molecule has 1 aromatic rings. The first-order chi connectivity index (χ1) is 7.36. The van der Waals surface area contributed by atoms with Crippen molar-refractivity contribution in [1.82, 2.24) is 0 Å². The van der Waals surface area contributed by atoms with Crippen LogP contribution in [0.2, 0.25) is 0 Å². The zero-order valence-corrected chi connectivity index (χ0v) is 9.05. The molecule has 16 heavy (non-hydrogen) atoms. The van der Waals surface area contributed by atoms with E-state index in [-0.39, 0.29) is 22.3 Å². The minimum Gasteiger partial charge on any atom is -0.497 e. The summed E-state index contributed by atoms with van der Waals surface area (Å²) in [5.41, 5.74) is 5.52. The lowest BCUT2D eigenvalue weighted by molar-refractivity contribution is -0.152. The van der Waals surface area contributed by atoms with Gasteiger partial charge < -0.3 is 15.6 Å². The lowest BCUT2D eigenvalue weighted by Crippen LogP contribution is -2.23. The molecule has 0 radical (unpaired) electrons. The lowest BCUT2D eigenvalue weighted by Gasteiger charge is -2.12. The molecule has 88 valence electrons. The number of nitrogens with two attached hydrogens (primary N) is 1. The largest absolute Gasteiger partial charge is 0.497 e. The van der Waals surface area contributed by atoms with Crippen LogP contribution in [0.15, 0.2) is 23.1 Å². The molecule has 0 unspecified atom stereocenters. The van der Waals surface area contributed by atoms with E-state index in [1.165, 1.54) is 25.3 Å². The first kappa shape index (κ1) is 12.6. The third-order valence-electron chi connectivity index (χ3n) is 1.71. The predicted octanol–water partition coefficient (Wildman–Crippen LogP) is 2.05. The number of alkyl halides is 2. The summed E-state index contributed by atoms with van der Waals surface area (Å²) in [6.45, 7) is 0. The van der Waals surface area contributed by atoms with Crippen LogP contribution in [-0.4, -0.2) is 23.4 Å². The van der Waals surface area contributed by atoms with Crippen molar-refractivity contribution < 1.29 is 23.4 Å². The van der Waals surface area contributed by atoms with Gasteiger partial charge >= 0.3 is 11.2 Å². The molecule has 0 saturated carbocycles. The van der Waals surface area contributed by atoms with Crippen molar-refractivity contribution >= 4 is 23.4 Å². The van der Waals surface area contributed by atoms with Gasteiger partial charge in [-0.25, -0.2) is 4.79 Å². The molecule has 0 spiro atoms. The zero-order valence-electron chi connectivity index (χ0n) is 8.24. The average molecular weight is 249 g/mol. The Kier molecular flexibility index (Phi) is 3.58. The van der Waals surface area contributed by atoms with Gasteiger partial charge in [0.2, 0.25) is 0 Å². The number of methoxy groups -OCH3 is 1. The van der Waals surface area contributed by atoms with Crippen LogP contribution in [0, 0.1) is 0 Å².